The number of nitrogens with two attached hydrogens (primary N) is 1. The van der Waals surface area contributed by atoms with E-state index in [0.717, 1.165) is 12.1 Å². The van der Waals surface area contributed by atoms with Crippen molar-refractivity contribution in [3.05, 3.63) is 29.6 Å². The van der Waals surface area contributed by atoms with Crippen LogP contribution in [0.1, 0.15) is 18.9 Å². The Morgan fingerprint density at radius 1 is 1.53 bits per heavy atom. The molecule has 6 heteroatoms. The van der Waals surface area contributed by atoms with Gasteiger partial charge in [-0.05, 0) is 24.2 Å². The van der Waals surface area contributed by atoms with E-state index >= 15 is 0 Å². The van der Waals surface area contributed by atoms with Crippen molar-refractivity contribution in [3.8, 4) is 5.75 Å². The smallest absolute Gasteiger partial charge is 0.165 e. The summed E-state index contributed by atoms with van der Waals surface area (Å²) in [6, 6.07) is 4.90. The van der Waals surface area contributed by atoms with Crippen LogP contribution in [0.2, 0.25) is 0 Å². The van der Waals surface area contributed by atoms with E-state index < -0.39 is 0 Å². The standard InChI is InChI=1S/C13H20FN3O2/c1-3-17(7-6-13(15)16-18)9-10-4-5-12(19-2)11(14)8-10/h4-5,8,18H,3,6-7,9H2,1-2H3,(H2,15,16). The molecule has 106 valence electrons. The maximum absolute atomic E-state index is 13.6. The molecule has 0 spiro atoms. The van der Waals surface area contributed by atoms with Crippen molar-refractivity contribution < 1.29 is 14.3 Å². The van der Waals surface area contributed by atoms with Gasteiger partial charge in [0.2, 0.25) is 0 Å². The van der Waals surface area contributed by atoms with Crippen LogP contribution < -0.4 is 10.5 Å². The summed E-state index contributed by atoms with van der Waals surface area (Å²) >= 11 is 0. The number of hydrogen-bond donors (Lipinski definition) is 2. The molecular formula is C13H20FN3O2. The molecule has 19 heavy (non-hydrogen) atoms. The van der Waals surface area contributed by atoms with Crippen LogP contribution in [0.4, 0.5) is 4.39 Å². The third kappa shape index (κ3) is 4.75. The lowest BCUT2D eigenvalue weighted by molar-refractivity contribution is 0.282. The summed E-state index contributed by atoms with van der Waals surface area (Å²) in [7, 11) is 1.44. The molecule has 0 heterocycles. The Kier molecular flexibility index (Phi) is 6.08. The molecule has 0 aliphatic rings. The van der Waals surface area contributed by atoms with Gasteiger partial charge in [-0.25, -0.2) is 4.39 Å². The first-order valence-corrected chi connectivity index (χ1v) is 6.11. The summed E-state index contributed by atoms with van der Waals surface area (Å²) in [5.41, 5.74) is 6.29. The topological polar surface area (TPSA) is 71.1 Å². The third-order valence-electron chi connectivity index (χ3n) is 2.88. The zero-order valence-corrected chi connectivity index (χ0v) is 11.3. The highest BCUT2D eigenvalue weighted by Gasteiger charge is 2.08. The number of amidine groups is 1. The van der Waals surface area contributed by atoms with E-state index in [0.29, 0.717) is 19.5 Å². The number of ether oxygens (including phenoxy) is 1. The molecule has 0 saturated heterocycles. The fraction of sp³-hybridized carbons (Fsp3) is 0.462. The van der Waals surface area contributed by atoms with Crippen molar-refractivity contribution in [3.63, 3.8) is 0 Å². The summed E-state index contributed by atoms with van der Waals surface area (Å²) in [4.78, 5) is 2.08. The number of oxime groups is 1. The molecule has 0 radical (unpaired) electrons. The van der Waals surface area contributed by atoms with Crippen LogP contribution in [0.5, 0.6) is 5.75 Å². The van der Waals surface area contributed by atoms with E-state index in [1.807, 2.05) is 13.0 Å². The summed E-state index contributed by atoms with van der Waals surface area (Å²) in [5.74, 6) is 0.0651. The molecule has 0 aliphatic carbocycles. The Balaban J connectivity index is 2.62. The minimum Gasteiger partial charge on any atom is -0.494 e. The number of hydrogen-bond acceptors (Lipinski definition) is 4. The Hall–Kier alpha value is -1.82. The van der Waals surface area contributed by atoms with Crippen molar-refractivity contribution in [2.75, 3.05) is 20.2 Å². The van der Waals surface area contributed by atoms with Crippen molar-refractivity contribution in [2.45, 2.75) is 19.9 Å². The first kappa shape index (κ1) is 15.2. The number of nitrogens with zero attached hydrogens (tertiary/aromatic N) is 2. The van der Waals surface area contributed by atoms with Crippen LogP contribution in [0.25, 0.3) is 0 Å². The van der Waals surface area contributed by atoms with Gasteiger partial charge < -0.3 is 15.7 Å². The highest BCUT2D eigenvalue weighted by molar-refractivity contribution is 5.79. The second-order valence-electron chi connectivity index (χ2n) is 4.18. The van der Waals surface area contributed by atoms with Gasteiger partial charge in [0, 0.05) is 19.5 Å². The summed E-state index contributed by atoms with van der Waals surface area (Å²) in [6.45, 7) is 4.06. The van der Waals surface area contributed by atoms with Gasteiger partial charge in [0.1, 0.15) is 5.84 Å². The van der Waals surface area contributed by atoms with E-state index in [4.69, 9.17) is 15.7 Å². The van der Waals surface area contributed by atoms with E-state index in [2.05, 4.69) is 10.1 Å². The Morgan fingerprint density at radius 2 is 2.26 bits per heavy atom. The summed E-state index contributed by atoms with van der Waals surface area (Å²) in [5, 5.41) is 11.4. The average Bonchev–Trinajstić information content (AvgIpc) is 2.43. The molecule has 1 rings (SSSR count). The van der Waals surface area contributed by atoms with Crippen molar-refractivity contribution in [1.29, 1.82) is 0 Å². The molecule has 1 aromatic carbocycles. The van der Waals surface area contributed by atoms with Gasteiger partial charge in [-0.2, -0.15) is 0 Å². The van der Waals surface area contributed by atoms with Crippen LogP contribution in [0.3, 0.4) is 0 Å². The predicted molar refractivity (Wildman–Crippen MR) is 71.9 cm³/mol. The Morgan fingerprint density at radius 3 is 2.79 bits per heavy atom. The van der Waals surface area contributed by atoms with Crippen molar-refractivity contribution in [1.82, 2.24) is 4.90 Å². The van der Waals surface area contributed by atoms with E-state index in [-0.39, 0.29) is 17.4 Å². The van der Waals surface area contributed by atoms with Gasteiger partial charge in [-0.15, -0.1) is 0 Å². The molecule has 0 bridgehead atoms. The average molecular weight is 269 g/mol. The van der Waals surface area contributed by atoms with Crippen molar-refractivity contribution in [2.24, 2.45) is 10.9 Å². The quantitative estimate of drug-likeness (QED) is 0.343. The van der Waals surface area contributed by atoms with Gasteiger partial charge in [0.15, 0.2) is 11.6 Å². The monoisotopic (exact) mass is 269 g/mol. The van der Waals surface area contributed by atoms with Gasteiger partial charge in [-0.3, -0.25) is 4.90 Å². The summed E-state index contributed by atoms with van der Waals surface area (Å²) < 4.78 is 18.4. The van der Waals surface area contributed by atoms with Gasteiger partial charge in [0.25, 0.3) is 0 Å². The molecule has 0 atom stereocenters. The molecule has 0 amide bonds. The molecule has 5 nitrogen and oxygen atoms in total. The number of halogens is 1. The minimum absolute atomic E-state index is 0.194. The second-order valence-corrected chi connectivity index (χ2v) is 4.18. The predicted octanol–water partition coefficient (Wildman–Crippen LogP) is 1.79. The molecule has 1 aromatic rings. The third-order valence-corrected chi connectivity index (χ3v) is 2.88. The highest BCUT2D eigenvalue weighted by atomic mass is 19.1. The minimum atomic E-state index is -0.368. The first-order valence-electron chi connectivity index (χ1n) is 6.11. The van der Waals surface area contributed by atoms with Gasteiger partial charge in [0.05, 0.1) is 7.11 Å². The SMILES string of the molecule is CCN(CC/C(N)=N/O)Cc1ccc(OC)c(F)c1. The van der Waals surface area contributed by atoms with Crippen LogP contribution in [-0.4, -0.2) is 36.1 Å². The normalized spacial score (nSPS) is 11.9. The maximum Gasteiger partial charge on any atom is 0.165 e. The zero-order valence-electron chi connectivity index (χ0n) is 11.3. The largest absolute Gasteiger partial charge is 0.494 e. The lowest BCUT2D eigenvalue weighted by Crippen LogP contribution is -2.27. The lowest BCUT2D eigenvalue weighted by atomic mass is 10.2. The maximum atomic E-state index is 13.6. The van der Waals surface area contributed by atoms with Crippen molar-refractivity contribution >= 4 is 5.84 Å². The van der Waals surface area contributed by atoms with Crippen LogP contribution in [0, 0.1) is 5.82 Å². The fourth-order valence-corrected chi connectivity index (χ4v) is 1.74. The molecule has 0 aliphatic heterocycles. The Labute approximate surface area is 112 Å². The molecule has 3 N–H and O–H groups in total. The lowest BCUT2D eigenvalue weighted by Gasteiger charge is -2.20. The molecule has 0 unspecified atom stereocenters. The highest BCUT2D eigenvalue weighted by Crippen LogP contribution is 2.18. The first-order chi connectivity index (χ1) is 9.10. The number of benzene rings is 1. The van der Waals surface area contributed by atoms with E-state index in [9.17, 15) is 4.39 Å². The molecular weight excluding hydrogens is 249 g/mol. The van der Waals surface area contributed by atoms with Crippen LogP contribution >= 0.6 is 0 Å². The molecule has 0 fully saturated rings. The number of rotatable bonds is 7. The molecule has 0 aromatic heterocycles. The fourth-order valence-electron chi connectivity index (χ4n) is 1.74. The van der Waals surface area contributed by atoms with Crippen LogP contribution in [0.15, 0.2) is 23.4 Å². The zero-order chi connectivity index (χ0) is 14.3. The van der Waals surface area contributed by atoms with Gasteiger partial charge >= 0.3 is 0 Å². The van der Waals surface area contributed by atoms with Gasteiger partial charge in [-0.1, -0.05) is 18.1 Å². The molecule has 0 saturated carbocycles. The Bertz CT molecular complexity index is 438. The number of methoxy groups -OCH3 is 1. The van der Waals surface area contributed by atoms with E-state index in [1.54, 1.807) is 6.07 Å². The van der Waals surface area contributed by atoms with E-state index in [1.165, 1.54) is 13.2 Å². The van der Waals surface area contributed by atoms with Crippen LogP contribution in [-0.2, 0) is 6.54 Å². The second kappa shape index (κ2) is 7.58. The summed E-state index contributed by atoms with van der Waals surface area (Å²) in [6.07, 6.45) is 0.475.